The summed E-state index contributed by atoms with van der Waals surface area (Å²) in [7, 11) is 0. The van der Waals surface area contributed by atoms with Crippen LogP contribution >= 0.6 is 11.3 Å². The topological polar surface area (TPSA) is 75.7 Å². The highest BCUT2D eigenvalue weighted by Crippen LogP contribution is 2.36. The molecule has 0 aromatic carbocycles. The molecule has 6 nitrogen and oxygen atoms in total. The SMILES string of the molecule is CC(=O)Nc1sc(C)c(C)c1C(=O)OCC(=O)N1CCC[C@H]2CCCC[C@@H]21. The summed E-state index contributed by atoms with van der Waals surface area (Å²) < 4.78 is 5.36. The summed E-state index contributed by atoms with van der Waals surface area (Å²) in [4.78, 5) is 39.6. The maximum Gasteiger partial charge on any atom is 0.341 e. The van der Waals surface area contributed by atoms with Crippen molar-refractivity contribution in [2.24, 2.45) is 5.92 Å². The van der Waals surface area contributed by atoms with Gasteiger partial charge in [0.25, 0.3) is 5.91 Å². The van der Waals surface area contributed by atoms with Gasteiger partial charge in [-0.15, -0.1) is 11.3 Å². The minimum Gasteiger partial charge on any atom is -0.452 e. The van der Waals surface area contributed by atoms with E-state index in [0.29, 0.717) is 22.5 Å². The monoisotopic (exact) mass is 392 g/mol. The number of nitrogens with zero attached hydrogens (tertiary/aromatic N) is 1. The van der Waals surface area contributed by atoms with Crippen molar-refractivity contribution in [3.63, 3.8) is 0 Å². The molecule has 0 unspecified atom stereocenters. The molecular weight excluding hydrogens is 364 g/mol. The van der Waals surface area contributed by atoms with E-state index in [2.05, 4.69) is 5.32 Å². The number of hydrogen-bond donors (Lipinski definition) is 1. The normalized spacial score (nSPS) is 22.1. The Morgan fingerprint density at radius 3 is 2.59 bits per heavy atom. The standard InChI is InChI=1S/C20H28N2O4S/c1-12-13(2)27-19(21-14(3)23)18(12)20(25)26-11-17(24)22-10-6-8-15-7-4-5-9-16(15)22/h15-16H,4-11H2,1-3H3,(H,21,23)/t15-,16+/m1/s1. The first-order valence-corrected chi connectivity index (χ1v) is 10.5. The Labute approximate surface area is 164 Å². The molecule has 2 fully saturated rings. The maximum atomic E-state index is 12.7. The molecule has 0 bridgehead atoms. The second-order valence-corrected chi connectivity index (χ2v) is 8.81. The lowest BCUT2D eigenvalue weighted by atomic mass is 9.78. The molecule has 148 valence electrons. The third-order valence-corrected chi connectivity index (χ3v) is 6.89. The highest BCUT2D eigenvalue weighted by molar-refractivity contribution is 7.16. The molecule has 1 N–H and O–H groups in total. The summed E-state index contributed by atoms with van der Waals surface area (Å²) in [6, 6.07) is 0.304. The van der Waals surface area contributed by atoms with Gasteiger partial charge < -0.3 is 15.0 Å². The van der Waals surface area contributed by atoms with Crippen LogP contribution in [0.3, 0.4) is 0 Å². The van der Waals surface area contributed by atoms with Crippen LogP contribution in [0.15, 0.2) is 0 Å². The quantitative estimate of drug-likeness (QED) is 0.794. The third-order valence-electron chi connectivity index (χ3n) is 5.77. The molecule has 1 saturated heterocycles. The Bertz CT molecular complexity index is 741. The van der Waals surface area contributed by atoms with E-state index < -0.39 is 5.97 Å². The molecule has 2 atom stereocenters. The van der Waals surface area contributed by atoms with Crippen LogP contribution in [0.2, 0.25) is 0 Å². The number of fused-ring (bicyclic) bond motifs is 1. The van der Waals surface area contributed by atoms with Crippen LogP contribution < -0.4 is 5.32 Å². The Hall–Kier alpha value is -1.89. The molecule has 1 aliphatic carbocycles. The Kier molecular flexibility index (Phi) is 6.19. The summed E-state index contributed by atoms with van der Waals surface area (Å²) >= 11 is 1.35. The molecule has 2 aliphatic rings. The minimum atomic E-state index is -0.550. The minimum absolute atomic E-state index is 0.106. The van der Waals surface area contributed by atoms with Crippen molar-refractivity contribution in [3.8, 4) is 0 Å². The average molecular weight is 393 g/mol. The lowest BCUT2D eigenvalue weighted by Crippen LogP contribution is -2.50. The van der Waals surface area contributed by atoms with Crippen molar-refractivity contribution in [2.45, 2.75) is 65.3 Å². The number of thiophene rings is 1. The van der Waals surface area contributed by atoms with E-state index >= 15 is 0 Å². The van der Waals surface area contributed by atoms with Crippen molar-refractivity contribution in [2.75, 3.05) is 18.5 Å². The average Bonchev–Trinajstić information content (AvgIpc) is 2.91. The molecule has 2 heterocycles. The largest absolute Gasteiger partial charge is 0.452 e. The van der Waals surface area contributed by atoms with Gasteiger partial charge in [0, 0.05) is 24.4 Å². The number of amides is 2. The van der Waals surface area contributed by atoms with Crippen LogP contribution in [0.5, 0.6) is 0 Å². The number of nitrogens with one attached hydrogen (secondary N) is 1. The van der Waals surface area contributed by atoms with E-state index in [4.69, 9.17) is 4.74 Å². The van der Waals surface area contributed by atoms with E-state index in [1.807, 2.05) is 18.7 Å². The number of carbonyl (C=O) groups is 3. The number of aryl methyl sites for hydroxylation is 1. The summed E-state index contributed by atoms with van der Waals surface area (Å²) in [6.45, 7) is 5.64. The predicted molar refractivity (Wildman–Crippen MR) is 105 cm³/mol. The summed E-state index contributed by atoms with van der Waals surface area (Å²) in [6.07, 6.45) is 6.89. The molecule has 3 rings (SSSR count). The highest BCUT2D eigenvalue weighted by atomic mass is 32.1. The van der Waals surface area contributed by atoms with Gasteiger partial charge in [-0.25, -0.2) is 4.79 Å². The molecular formula is C20H28N2O4S. The second-order valence-electron chi connectivity index (χ2n) is 7.59. The maximum absolute atomic E-state index is 12.7. The fraction of sp³-hybridized carbons (Fsp3) is 0.650. The molecule has 0 spiro atoms. The fourth-order valence-corrected chi connectivity index (χ4v) is 5.43. The van der Waals surface area contributed by atoms with Gasteiger partial charge in [-0.1, -0.05) is 12.8 Å². The van der Waals surface area contributed by atoms with Crippen molar-refractivity contribution < 1.29 is 19.1 Å². The second kappa shape index (κ2) is 8.42. The van der Waals surface area contributed by atoms with Crippen LogP contribution in [-0.4, -0.2) is 41.9 Å². The molecule has 27 heavy (non-hydrogen) atoms. The number of piperidine rings is 1. The van der Waals surface area contributed by atoms with E-state index in [9.17, 15) is 14.4 Å². The lowest BCUT2D eigenvalue weighted by Gasteiger charge is -2.44. The van der Waals surface area contributed by atoms with Gasteiger partial charge in [0.15, 0.2) is 6.61 Å². The van der Waals surface area contributed by atoms with E-state index in [1.165, 1.54) is 37.5 Å². The number of anilines is 1. The van der Waals surface area contributed by atoms with Gasteiger partial charge >= 0.3 is 5.97 Å². The van der Waals surface area contributed by atoms with Crippen molar-refractivity contribution in [1.82, 2.24) is 4.90 Å². The van der Waals surface area contributed by atoms with Crippen LogP contribution in [-0.2, 0) is 14.3 Å². The Morgan fingerprint density at radius 2 is 1.85 bits per heavy atom. The smallest absolute Gasteiger partial charge is 0.341 e. The molecule has 1 aromatic heterocycles. The van der Waals surface area contributed by atoms with Gasteiger partial charge in [0.1, 0.15) is 5.00 Å². The number of hydrogen-bond acceptors (Lipinski definition) is 5. The number of carbonyl (C=O) groups excluding carboxylic acids is 3. The van der Waals surface area contributed by atoms with Gasteiger partial charge in [-0.3, -0.25) is 9.59 Å². The van der Waals surface area contributed by atoms with E-state index in [0.717, 1.165) is 36.2 Å². The number of ether oxygens (including phenoxy) is 1. The zero-order valence-corrected chi connectivity index (χ0v) is 17.1. The van der Waals surface area contributed by atoms with Crippen LogP contribution in [0.1, 0.15) is 66.2 Å². The summed E-state index contributed by atoms with van der Waals surface area (Å²) in [5.74, 6) is -0.296. The first kappa shape index (κ1) is 19.9. The number of esters is 1. The van der Waals surface area contributed by atoms with Gasteiger partial charge in [-0.05, 0) is 51.0 Å². The van der Waals surface area contributed by atoms with Crippen LogP contribution in [0, 0.1) is 19.8 Å². The number of likely N-dealkylation sites (tertiary alicyclic amines) is 1. The number of rotatable bonds is 4. The molecule has 0 radical (unpaired) electrons. The summed E-state index contributed by atoms with van der Waals surface area (Å²) in [5, 5.41) is 3.17. The molecule has 1 aromatic rings. The third kappa shape index (κ3) is 4.34. The summed E-state index contributed by atoms with van der Waals surface area (Å²) in [5.41, 5.74) is 1.14. The Morgan fingerprint density at radius 1 is 1.15 bits per heavy atom. The van der Waals surface area contributed by atoms with E-state index in [-0.39, 0.29) is 18.4 Å². The van der Waals surface area contributed by atoms with Gasteiger partial charge in [0.05, 0.1) is 5.56 Å². The first-order valence-electron chi connectivity index (χ1n) is 9.72. The first-order chi connectivity index (χ1) is 12.9. The zero-order valence-electron chi connectivity index (χ0n) is 16.3. The van der Waals surface area contributed by atoms with Crippen LogP contribution in [0.4, 0.5) is 5.00 Å². The Balaban J connectivity index is 1.65. The van der Waals surface area contributed by atoms with Crippen LogP contribution in [0.25, 0.3) is 0 Å². The molecule has 7 heteroatoms. The predicted octanol–water partition coefficient (Wildman–Crippen LogP) is 3.66. The zero-order chi connectivity index (χ0) is 19.6. The van der Waals surface area contributed by atoms with E-state index in [1.54, 1.807) is 0 Å². The molecule has 1 saturated carbocycles. The van der Waals surface area contributed by atoms with Gasteiger partial charge in [0.2, 0.25) is 5.91 Å². The molecule has 2 amide bonds. The lowest BCUT2D eigenvalue weighted by molar-refractivity contribution is -0.140. The van der Waals surface area contributed by atoms with Gasteiger partial charge in [-0.2, -0.15) is 0 Å². The molecule has 1 aliphatic heterocycles. The van der Waals surface area contributed by atoms with Crippen molar-refractivity contribution in [3.05, 3.63) is 16.0 Å². The highest BCUT2D eigenvalue weighted by Gasteiger charge is 2.36. The van der Waals surface area contributed by atoms with Crippen molar-refractivity contribution >= 4 is 34.1 Å². The van der Waals surface area contributed by atoms with Crippen molar-refractivity contribution in [1.29, 1.82) is 0 Å². The fourth-order valence-electron chi connectivity index (χ4n) is 4.34.